The van der Waals surface area contributed by atoms with E-state index in [1.807, 2.05) is 12.2 Å². The van der Waals surface area contributed by atoms with Crippen LogP contribution in [0, 0.1) is 0 Å². The molecule has 0 saturated carbocycles. The summed E-state index contributed by atoms with van der Waals surface area (Å²) in [5.41, 5.74) is 0. The average molecular weight is 1010 g/mol. The zero-order valence-electron chi connectivity index (χ0n) is 47.4. The molecule has 0 aliphatic rings. The largest absolute Gasteiger partial charge is 0.462 e. The van der Waals surface area contributed by atoms with E-state index in [0.29, 0.717) is 19.3 Å². The molecule has 0 radical (unpaired) electrons. The molecular formula is C67H110O6. The van der Waals surface area contributed by atoms with Crippen LogP contribution in [0.25, 0.3) is 0 Å². The zero-order chi connectivity index (χ0) is 52.9. The molecule has 6 heteroatoms. The maximum atomic E-state index is 12.8. The summed E-state index contributed by atoms with van der Waals surface area (Å²) >= 11 is 0. The normalized spacial score (nSPS) is 13.0. The van der Waals surface area contributed by atoms with E-state index in [1.165, 1.54) is 103 Å². The van der Waals surface area contributed by atoms with Crippen molar-refractivity contribution < 1.29 is 28.6 Å². The number of hydrogen-bond donors (Lipinski definition) is 0. The smallest absolute Gasteiger partial charge is 0.306 e. The van der Waals surface area contributed by atoms with E-state index in [4.69, 9.17) is 14.2 Å². The quantitative estimate of drug-likeness (QED) is 0.0261. The summed E-state index contributed by atoms with van der Waals surface area (Å²) in [6, 6.07) is 0. The number of unbranched alkanes of at least 4 members (excludes halogenated alkanes) is 22. The highest BCUT2D eigenvalue weighted by Gasteiger charge is 2.19. The van der Waals surface area contributed by atoms with Gasteiger partial charge in [-0.15, -0.1) is 0 Å². The van der Waals surface area contributed by atoms with E-state index in [-0.39, 0.29) is 37.5 Å². The molecule has 0 amide bonds. The van der Waals surface area contributed by atoms with Crippen molar-refractivity contribution in [3.8, 4) is 0 Å². The maximum Gasteiger partial charge on any atom is 0.306 e. The molecule has 414 valence electrons. The van der Waals surface area contributed by atoms with Gasteiger partial charge >= 0.3 is 17.9 Å². The van der Waals surface area contributed by atoms with E-state index in [0.717, 1.165) is 116 Å². The lowest BCUT2D eigenvalue weighted by Gasteiger charge is -2.18. The summed E-state index contributed by atoms with van der Waals surface area (Å²) in [5.74, 6) is -1.02. The summed E-state index contributed by atoms with van der Waals surface area (Å²) in [6.45, 7) is 6.32. The SMILES string of the molecule is CC/C=C\C/C=C\C/C=C\C/C=C\CCC(=O)OCC(COC(=O)CCCCCCCCCCCCCC/C=C\C/C=C\C/C=C\CCCCCCC)OC(=O)CCCCCCC/C=C\C/C=C\C/C=C\CC. The van der Waals surface area contributed by atoms with Gasteiger partial charge in [0.1, 0.15) is 13.2 Å². The second-order valence-corrected chi connectivity index (χ2v) is 19.5. The van der Waals surface area contributed by atoms with Gasteiger partial charge in [-0.05, 0) is 116 Å². The fraction of sp³-hybridized carbons (Fsp3) is 0.657. The van der Waals surface area contributed by atoms with Crippen LogP contribution in [0.4, 0.5) is 0 Å². The Balaban J connectivity index is 4.34. The van der Waals surface area contributed by atoms with E-state index in [9.17, 15) is 14.4 Å². The van der Waals surface area contributed by atoms with Crippen LogP contribution in [-0.4, -0.2) is 37.2 Å². The monoisotopic (exact) mass is 1010 g/mol. The minimum absolute atomic E-state index is 0.110. The molecule has 0 spiro atoms. The Kier molecular flexibility index (Phi) is 56.9. The van der Waals surface area contributed by atoms with Gasteiger partial charge in [0.25, 0.3) is 0 Å². The van der Waals surface area contributed by atoms with Crippen LogP contribution >= 0.6 is 0 Å². The van der Waals surface area contributed by atoms with Crippen molar-refractivity contribution in [2.45, 2.75) is 271 Å². The van der Waals surface area contributed by atoms with E-state index in [1.54, 1.807) is 0 Å². The lowest BCUT2D eigenvalue weighted by Crippen LogP contribution is -2.30. The predicted molar refractivity (Wildman–Crippen MR) is 316 cm³/mol. The van der Waals surface area contributed by atoms with Gasteiger partial charge in [0.2, 0.25) is 0 Å². The van der Waals surface area contributed by atoms with Crippen molar-refractivity contribution in [1.82, 2.24) is 0 Å². The first-order valence-corrected chi connectivity index (χ1v) is 30.0. The Hall–Kier alpha value is -4.19. The van der Waals surface area contributed by atoms with Gasteiger partial charge in [-0.3, -0.25) is 14.4 Å². The maximum absolute atomic E-state index is 12.8. The highest BCUT2D eigenvalue weighted by atomic mass is 16.6. The van der Waals surface area contributed by atoms with Crippen molar-refractivity contribution in [2.24, 2.45) is 0 Å². The lowest BCUT2D eigenvalue weighted by atomic mass is 10.0. The van der Waals surface area contributed by atoms with E-state index >= 15 is 0 Å². The van der Waals surface area contributed by atoms with Crippen molar-refractivity contribution in [3.63, 3.8) is 0 Å². The highest BCUT2D eigenvalue weighted by molar-refractivity contribution is 5.71. The summed E-state index contributed by atoms with van der Waals surface area (Å²) in [5, 5.41) is 0. The third-order valence-corrected chi connectivity index (χ3v) is 12.4. The van der Waals surface area contributed by atoms with Gasteiger partial charge in [-0.1, -0.05) is 251 Å². The van der Waals surface area contributed by atoms with Gasteiger partial charge in [0.15, 0.2) is 6.10 Å². The Bertz CT molecular complexity index is 1540. The molecule has 1 atom stereocenters. The molecule has 0 aromatic carbocycles. The highest BCUT2D eigenvalue weighted by Crippen LogP contribution is 2.15. The zero-order valence-corrected chi connectivity index (χ0v) is 47.4. The number of carbonyl (C=O) groups excluding carboxylic acids is 3. The third kappa shape index (κ3) is 58.6. The number of esters is 3. The molecule has 0 aromatic rings. The molecule has 0 aliphatic heterocycles. The summed E-state index contributed by atoms with van der Waals surface area (Å²) in [7, 11) is 0. The van der Waals surface area contributed by atoms with Crippen molar-refractivity contribution in [3.05, 3.63) is 122 Å². The van der Waals surface area contributed by atoms with Crippen LogP contribution < -0.4 is 0 Å². The number of ether oxygens (including phenoxy) is 3. The van der Waals surface area contributed by atoms with E-state index in [2.05, 4.69) is 130 Å². The first kappa shape index (κ1) is 68.8. The van der Waals surface area contributed by atoms with Gasteiger partial charge in [-0.25, -0.2) is 0 Å². The average Bonchev–Trinajstić information content (AvgIpc) is 3.39. The summed E-state index contributed by atoms with van der Waals surface area (Å²) in [4.78, 5) is 38.1. The molecule has 0 fully saturated rings. The standard InChI is InChI=1S/C67H110O6/c1-4-7-10-13-16-19-22-25-27-28-29-30-31-32-33-34-35-36-37-38-40-42-45-48-51-54-57-60-66(69)72-63-64(62-71-65(68)59-56-53-50-47-44-41-24-21-18-15-12-9-6-3)73-67(70)61-58-55-52-49-46-43-39-26-23-20-17-14-11-8-5-2/h8-9,11-12,17-18,20-22,25-26,28-29,31-32,39,41,44,50,53,64H,4-7,10,13-16,19,23-24,27,30,33-38,40,42-43,45-49,51-52,54-63H2,1-3H3/b11-8-,12-9-,20-17-,21-18-,25-22-,29-28-,32-31-,39-26-,44-41-,53-50-. The van der Waals surface area contributed by atoms with Crippen molar-refractivity contribution >= 4 is 17.9 Å². The topological polar surface area (TPSA) is 78.9 Å². The Morgan fingerprint density at radius 1 is 0.288 bits per heavy atom. The molecule has 73 heavy (non-hydrogen) atoms. The van der Waals surface area contributed by atoms with E-state index < -0.39 is 6.10 Å². The van der Waals surface area contributed by atoms with Crippen LogP contribution in [0.5, 0.6) is 0 Å². The molecule has 0 saturated heterocycles. The predicted octanol–water partition coefficient (Wildman–Crippen LogP) is 20.4. The number of allylic oxidation sites excluding steroid dienone is 20. The van der Waals surface area contributed by atoms with Gasteiger partial charge in [0.05, 0.1) is 0 Å². The number of carbonyl (C=O) groups is 3. The molecule has 0 N–H and O–H groups in total. The fourth-order valence-electron chi connectivity index (χ4n) is 8.01. The summed E-state index contributed by atoms with van der Waals surface area (Å²) < 4.78 is 16.8. The lowest BCUT2D eigenvalue weighted by molar-refractivity contribution is -0.166. The fourth-order valence-corrected chi connectivity index (χ4v) is 8.01. The molecule has 6 nitrogen and oxygen atoms in total. The molecular weight excluding hydrogens is 901 g/mol. The Morgan fingerprint density at radius 2 is 0.562 bits per heavy atom. The first-order chi connectivity index (χ1) is 36.0. The second-order valence-electron chi connectivity index (χ2n) is 19.5. The number of hydrogen-bond acceptors (Lipinski definition) is 6. The van der Waals surface area contributed by atoms with Crippen LogP contribution in [0.2, 0.25) is 0 Å². The minimum atomic E-state index is -0.820. The van der Waals surface area contributed by atoms with Crippen LogP contribution in [0.15, 0.2) is 122 Å². The Labute approximate surface area is 450 Å². The minimum Gasteiger partial charge on any atom is -0.462 e. The third-order valence-electron chi connectivity index (χ3n) is 12.4. The molecule has 0 aromatic heterocycles. The first-order valence-electron chi connectivity index (χ1n) is 30.0. The van der Waals surface area contributed by atoms with Gasteiger partial charge in [-0.2, -0.15) is 0 Å². The van der Waals surface area contributed by atoms with Crippen LogP contribution in [0.3, 0.4) is 0 Å². The molecule has 0 heterocycles. The van der Waals surface area contributed by atoms with Crippen LogP contribution in [0.1, 0.15) is 265 Å². The molecule has 0 rings (SSSR count). The van der Waals surface area contributed by atoms with Gasteiger partial charge < -0.3 is 14.2 Å². The molecule has 0 bridgehead atoms. The molecule has 1 unspecified atom stereocenters. The summed E-state index contributed by atoms with van der Waals surface area (Å²) in [6.07, 6.45) is 83.6. The number of rotatable bonds is 53. The molecule has 0 aliphatic carbocycles. The second kappa shape index (κ2) is 60.4. The van der Waals surface area contributed by atoms with Gasteiger partial charge in [0, 0.05) is 19.3 Å². The van der Waals surface area contributed by atoms with Crippen LogP contribution in [-0.2, 0) is 28.6 Å². The van der Waals surface area contributed by atoms with Crippen molar-refractivity contribution in [2.75, 3.05) is 13.2 Å². The van der Waals surface area contributed by atoms with Crippen molar-refractivity contribution in [1.29, 1.82) is 0 Å². The Morgan fingerprint density at radius 3 is 0.918 bits per heavy atom.